The SMILES string of the molecule is CNC(Cc1ccc(F)c(F)c1)Cc1c(Br)c(C)nn1C. The minimum Gasteiger partial charge on any atom is -0.316 e. The van der Waals surface area contributed by atoms with Crippen LogP contribution < -0.4 is 5.32 Å². The van der Waals surface area contributed by atoms with Gasteiger partial charge in [0, 0.05) is 19.5 Å². The van der Waals surface area contributed by atoms with E-state index in [0.717, 1.165) is 27.8 Å². The lowest BCUT2D eigenvalue weighted by Gasteiger charge is -2.17. The van der Waals surface area contributed by atoms with E-state index in [1.54, 1.807) is 6.07 Å². The van der Waals surface area contributed by atoms with Crippen LogP contribution in [0, 0.1) is 18.6 Å². The predicted octanol–water partition coefficient (Wildman–Crippen LogP) is 3.14. The zero-order chi connectivity index (χ0) is 15.6. The number of hydrogen-bond acceptors (Lipinski definition) is 2. The van der Waals surface area contributed by atoms with Gasteiger partial charge < -0.3 is 5.32 Å². The highest BCUT2D eigenvalue weighted by Crippen LogP contribution is 2.22. The standard InChI is InChI=1S/C15H18BrF2N3/c1-9-15(16)14(21(3)20-9)8-11(19-2)6-10-4-5-12(17)13(18)7-10/h4-5,7,11,19H,6,8H2,1-3H3. The number of halogens is 3. The summed E-state index contributed by atoms with van der Waals surface area (Å²) in [6.45, 7) is 1.94. The summed E-state index contributed by atoms with van der Waals surface area (Å²) in [4.78, 5) is 0. The van der Waals surface area contributed by atoms with E-state index < -0.39 is 11.6 Å². The molecule has 0 bridgehead atoms. The maximum atomic E-state index is 13.3. The summed E-state index contributed by atoms with van der Waals surface area (Å²) in [6.07, 6.45) is 1.36. The average Bonchev–Trinajstić information content (AvgIpc) is 2.68. The second-order valence-corrected chi connectivity index (χ2v) is 5.90. The third-order valence-electron chi connectivity index (χ3n) is 3.58. The second-order valence-electron chi connectivity index (χ2n) is 5.11. The molecule has 0 amide bonds. The van der Waals surface area contributed by atoms with Crippen molar-refractivity contribution < 1.29 is 8.78 Å². The Morgan fingerprint density at radius 2 is 2.00 bits per heavy atom. The van der Waals surface area contributed by atoms with Gasteiger partial charge in [-0.2, -0.15) is 5.10 Å². The smallest absolute Gasteiger partial charge is 0.159 e. The van der Waals surface area contributed by atoms with Crippen LogP contribution in [0.2, 0.25) is 0 Å². The molecule has 0 saturated heterocycles. The molecule has 0 aliphatic rings. The van der Waals surface area contributed by atoms with Crippen molar-refractivity contribution in [3.05, 3.63) is 51.3 Å². The summed E-state index contributed by atoms with van der Waals surface area (Å²) in [5.74, 6) is -1.62. The second kappa shape index (κ2) is 6.66. The first kappa shape index (κ1) is 16.1. The van der Waals surface area contributed by atoms with Crippen molar-refractivity contribution in [2.45, 2.75) is 25.8 Å². The fraction of sp³-hybridized carbons (Fsp3) is 0.400. The number of aromatic nitrogens is 2. The molecule has 2 rings (SSSR count). The van der Waals surface area contributed by atoms with Crippen molar-refractivity contribution in [1.29, 1.82) is 0 Å². The number of nitrogens with one attached hydrogen (secondary N) is 1. The van der Waals surface area contributed by atoms with Crippen molar-refractivity contribution in [2.75, 3.05) is 7.05 Å². The molecule has 6 heteroatoms. The molecule has 114 valence electrons. The van der Waals surface area contributed by atoms with E-state index >= 15 is 0 Å². The molecule has 0 radical (unpaired) electrons. The summed E-state index contributed by atoms with van der Waals surface area (Å²) in [5.41, 5.74) is 2.79. The van der Waals surface area contributed by atoms with Gasteiger partial charge in [-0.15, -0.1) is 0 Å². The van der Waals surface area contributed by atoms with Crippen molar-refractivity contribution in [3.8, 4) is 0 Å². The van der Waals surface area contributed by atoms with E-state index in [-0.39, 0.29) is 6.04 Å². The molecular formula is C15H18BrF2N3. The third-order valence-corrected chi connectivity index (χ3v) is 4.61. The Balaban J connectivity index is 2.14. The first-order chi connectivity index (χ1) is 9.92. The monoisotopic (exact) mass is 357 g/mol. The molecule has 2 aromatic rings. The summed E-state index contributed by atoms with van der Waals surface area (Å²) < 4.78 is 29.1. The van der Waals surface area contributed by atoms with Gasteiger partial charge in [-0.25, -0.2) is 8.78 Å². The molecule has 3 nitrogen and oxygen atoms in total. The number of benzene rings is 1. The lowest BCUT2D eigenvalue weighted by molar-refractivity contribution is 0.500. The van der Waals surface area contributed by atoms with Gasteiger partial charge in [0.15, 0.2) is 11.6 Å². The Hall–Kier alpha value is -1.27. The van der Waals surface area contributed by atoms with Crippen molar-refractivity contribution in [2.24, 2.45) is 7.05 Å². The minimum absolute atomic E-state index is 0.112. The Morgan fingerprint density at radius 3 is 2.52 bits per heavy atom. The number of aryl methyl sites for hydroxylation is 2. The van der Waals surface area contributed by atoms with Crippen LogP contribution in [-0.2, 0) is 19.9 Å². The van der Waals surface area contributed by atoms with Gasteiger partial charge in [-0.05, 0) is 54.0 Å². The van der Waals surface area contributed by atoms with E-state index in [0.29, 0.717) is 6.42 Å². The van der Waals surface area contributed by atoms with Gasteiger partial charge in [0.05, 0.1) is 15.9 Å². The van der Waals surface area contributed by atoms with E-state index in [2.05, 4.69) is 26.3 Å². The van der Waals surface area contributed by atoms with Gasteiger partial charge in [-0.1, -0.05) is 6.07 Å². The average molecular weight is 358 g/mol. The maximum absolute atomic E-state index is 13.3. The first-order valence-electron chi connectivity index (χ1n) is 6.71. The molecule has 21 heavy (non-hydrogen) atoms. The van der Waals surface area contributed by atoms with Crippen molar-refractivity contribution in [3.63, 3.8) is 0 Å². The highest BCUT2D eigenvalue weighted by Gasteiger charge is 2.16. The molecule has 1 aromatic heterocycles. The van der Waals surface area contributed by atoms with Crippen LogP contribution >= 0.6 is 15.9 Å². The molecule has 0 aliphatic heterocycles. The fourth-order valence-electron chi connectivity index (χ4n) is 2.36. The van der Waals surface area contributed by atoms with Gasteiger partial charge in [0.25, 0.3) is 0 Å². The Kier molecular flexibility index (Phi) is 5.11. The molecule has 0 aliphatic carbocycles. The van der Waals surface area contributed by atoms with Crippen molar-refractivity contribution >= 4 is 15.9 Å². The molecule has 1 unspecified atom stereocenters. The molecule has 1 N–H and O–H groups in total. The summed E-state index contributed by atoms with van der Waals surface area (Å²) in [6, 6.07) is 4.15. The molecular weight excluding hydrogens is 340 g/mol. The van der Waals surface area contributed by atoms with Gasteiger partial charge in [-0.3, -0.25) is 4.68 Å². The van der Waals surface area contributed by atoms with Crippen molar-refractivity contribution in [1.82, 2.24) is 15.1 Å². The Bertz CT molecular complexity index is 640. The zero-order valence-electron chi connectivity index (χ0n) is 12.3. The molecule has 1 heterocycles. The van der Waals surface area contributed by atoms with Crippen LogP contribution in [-0.4, -0.2) is 22.9 Å². The first-order valence-corrected chi connectivity index (χ1v) is 7.50. The lowest BCUT2D eigenvalue weighted by atomic mass is 10.0. The maximum Gasteiger partial charge on any atom is 0.159 e. The number of rotatable bonds is 5. The number of hydrogen-bond donors (Lipinski definition) is 1. The topological polar surface area (TPSA) is 29.9 Å². The highest BCUT2D eigenvalue weighted by atomic mass is 79.9. The van der Waals surface area contributed by atoms with Crippen LogP contribution in [0.25, 0.3) is 0 Å². The number of likely N-dealkylation sites (N-methyl/N-ethyl adjacent to an activating group) is 1. The highest BCUT2D eigenvalue weighted by molar-refractivity contribution is 9.10. The molecule has 0 spiro atoms. The van der Waals surface area contributed by atoms with Gasteiger partial charge >= 0.3 is 0 Å². The molecule has 1 atom stereocenters. The summed E-state index contributed by atoms with van der Waals surface area (Å²) in [7, 11) is 3.76. The lowest BCUT2D eigenvalue weighted by Crippen LogP contribution is -2.31. The van der Waals surface area contributed by atoms with Crippen LogP contribution in [0.5, 0.6) is 0 Å². The Labute approximate surface area is 131 Å². The van der Waals surface area contributed by atoms with Crippen LogP contribution in [0.3, 0.4) is 0 Å². The zero-order valence-corrected chi connectivity index (χ0v) is 13.8. The van der Waals surface area contributed by atoms with E-state index in [9.17, 15) is 8.78 Å². The molecule has 1 aromatic carbocycles. The van der Waals surface area contributed by atoms with Crippen LogP contribution in [0.1, 0.15) is 17.0 Å². The third kappa shape index (κ3) is 3.68. The summed E-state index contributed by atoms with van der Waals surface area (Å²) >= 11 is 3.54. The Morgan fingerprint density at radius 1 is 1.29 bits per heavy atom. The van der Waals surface area contributed by atoms with Crippen LogP contribution in [0.15, 0.2) is 22.7 Å². The van der Waals surface area contributed by atoms with E-state index in [1.165, 1.54) is 12.1 Å². The largest absolute Gasteiger partial charge is 0.316 e. The van der Waals surface area contributed by atoms with Gasteiger partial charge in [0.2, 0.25) is 0 Å². The normalized spacial score (nSPS) is 12.7. The fourth-order valence-corrected chi connectivity index (χ4v) is 2.86. The predicted molar refractivity (Wildman–Crippen MR) is 82.3 cm³/mol. The van der Waals surface area contributed by atoms with E-state index in [4.69, 9.17) is 0 Å². The van der Waals surface area contributed by atoms with E-state index in [1.807, 2.05) is 25.7 Å². The summed E-state index contributed by atoms with van der Waals surface area (Å²) in [5, 5.41) is 7.58. The molecule has 0 saturated carbocycles. The molecule has 0 fully saturated rings. The quantitative estimate of drug-likeness (QED) is 0.890. The van der Waals surface area contributed by atoms with Gasteiger partial charge in [0.1, 0.15) is 0 Å². The number of nitrogens with zero attached hydrogens (tertiary/aromatic N) is 2. The van der Waals surface area contributed by atoms with Crippen LogP contribution in [0.4, 0.5) is 8.78 Å². The minimum atomic E-state index is -0.815.